The Morgan fingerprint density at radius 2 is 1.42 bits per heavy atom. The summed E-state index contributed by atoms with van der Waals surface area (Å²) in [5, 5.41) is 86.4. The Kier molecular flexibility index (Phi) is 18.1. The molecule has 3 aliphatic heterocycles. The van der Waals surface area contributed by atoms with Crippen LogP contribution in [0.2, 0.25) is 0 Å². The van der Waals surface area contributed by atoms with E-state index in [-0.39, 0.29) is 49.5 Å². The quantitative estimate of drug-likeness (QED) is 0.0243. The van der Waals surface area contributed by atoms with Crippen LogP contribution in [0.25, 0.3) is 0 Å². The maximum Gasteiger partial charge on any atom is 0.311 e. The molecule has 0 aromatic heterocycles. The van der Waals surface area contributed by atoms with E-state index in [0.29, 0.717) is 25.7 Å². The molecular weight excluding hydrogens is 764 g/mol. The second-order valence-electron chi connectivity index (χ2n) is 14.2. The molecule has 1 aromatic carbocycles. The minimum Gasteiger partial charge on any atom is -0.427 e. The van der Waals surface area contributed by atoms with Crippen molar-refractivity contribution in [1.29, 1.82) is 0 Å². The standard InChI is InChI=1S/C36H54N2O19/c1-18-29(45)23(43)15-27(52-18)56-34-33(57-35-28(37-19(2)41)32(48)30(46)24(16-39)54-35)31(47)25(17-40)55-36(34)51-14-6-5-8-21(42)7-3-4-9-26(44)53-22-12-10-20(11-13-22)38(49)50/h10-13,18,23-25,27-36,39-40,43,45-48H,3-9,14-17H2,1-2H3,(H,37,41)/t18?,23-,24?,25?,27-,28?,29-,30-,31-,32+,33-,34?,35-,36+/m0/s1. The molecule has 0 radical (unpaired) electrons. The smallest absolute Gasteiger partial charge is 0.311 e. The third kappa shape index (κ3) is 13.1. The van der Waals surface area contributed by atoms with E-state index in [1.54, 1.807) is 0 Å². The molecule has 3 heterocycles. The molecule has 5 unspecified atom stereocenters. The van der Waals surface area contributed by atoms with Crippen molar-refractivity contribution in [1.82, 2.24) is 5.32 Å². The van der Waals surface area contributed by atoms with Gasteiger partial charge in [-0.2, -0.15) is 0 Å². The van der Waals surface area contributed by atoms with Gasteiger partial charge in [0.25, 0.3) is 5.69 Å². The molecule has 0 bridgehead atoms. The summed E-state index contributed by atoms with van der Waals surface area (Å²) in [5.74, 6) is -1.04. The van der Waals surface area contributed by atoms with Gasteiger partial charge in [0.1, 0.15) is 66.4 Å². The van der Waals surface area contributed by atoms with Crippen LogP contribution in [-0.2, 0) is 42.8 Å². The van der Waals surface area contributed by atoms with Crippen LogP contribution in [0.15, 0.2) is 24.3 Å². The first-order valence-electron chi connectivity index (χ1n) is 18.9. The molecule has 0 saturated carbocycles. The topological polar surface area (TPSA) is 313 Å². The number of nitro benzene ring substituents is 1. The van der Waals surface area contributed by atoms with E-state index in [2.05, 4.69) is 5.32 Å². The first-order valence-corrected chi connectivity index (χ1v) is 18.9. The van der Waals surface area contributed by atoms with Gasteiger partial charge in [-0.3, -0.25) is 24.5 Å². The van der Waals surface area contributed by atoms with Crippen molar-refractivity contribution in [3.8, 4) is 5.75 Å². The summed E-state index contributed by atoms with van der Waals surface area (Å²) in [5.41, 5.74) is -0.135. The zero-order valence-electron chi connectivity index (χ0n) is 31.6. The molecule has 322 valence electrons. The molecule has 8 N–H and O–H groups in total. The maximum absolute atomic E-state index is 12.5. The monoisotopic (exact) mass is 818 g/mol. The third-order valence-corrected chi connectivity index (χ3v) is 9.82. The molecule has 0 spiro atoms. The predicted molar refractivity (Wildman–Crippen MR) is 190 cm³/mol. The number of unbranched alkanes of at least 4 members (excludes halogenated alkanes) is 2. The molecule has 3 aliphatic rings. The van der Waals surface area contributed by atoms with Gasteiger partial charge in [-0.25, -0.2) is 0 Å². The fraction of sp³-hybridized carbons (Fsp3) is 0.750. The summed E-state index contributed by atoms with van der Waals surface area (Å²) in [6.45, 7) is 1.18. The van der Waals surface area contributed by atoms with Crippen LogP contribution in [-0.4, -0.2) is 164 Å². The van der Waals surface area contributed by atoms with Crippen molar-refractivity contribution in [2.24, 2.45) is 0 Å². The summed E-state index contributed by atoms with van der Waals surface area (Å²) in [6.07, 6.45) is -16.3. The number of hydrogen-bond donors (Lipinski definition) is 8. The Morgan fingerprint density at radius 1 is 0.807 bits per heavy atom. The zero-order valence-corrected chi connectivity index (χ0v) is 31.6. The Balaban J connectivity index is 1.34. The third-order valence-electron chi connectivity index (χ3n) is 9.82. The number of ether oxygens (including phenoxy) is 7. The van der Waals surface area contributed by atoms with Crippen molar-refractivity contribution in [3.63, 3.8) is 0 Å². The first-order chi connectivity index (χ1) is 27.1. The Morgan fingerprint density at radius 3 is 2.04 bits per heavy atom. The maximum atomic E-state index is 12.5. The lowest BCUT2D eigenvalue weighted by Crippen LogP contribution is -2.68. The second kappa shape index (κ2) is 22.2. The van der Waals surface area contributed by atoms with Crippen molar-refractivity contribution in [2.75, 3.05) is 19.8 Å². The van der Waals surface area contributed by atoms with Crippen molar-refractivity contribution in [2.45, 2.75) is 151 Å². The van der Waals surface area contributed by atoms with Gasteiger partial charge in [-0.15, -0.1) is 0 Å². The highest BCUT2D eigenvalue weighted by molar-refractivity contribution is 5.78. The number of amides is 1. The Labute approximate surface area is 327 Å². The van der Waals surface area contributed by atoms with Crippen LogP contribution < -0.4 is 10.1 Å². The van der Waals surface area contributed by atoms with Gasteiger partial charge < -0.3 is 74.2 Å². The van der Waals surface area contributed by atoms with Gasteiger partial charge in [-0.05, 0) is 44.7 Å². The van der Waals surface area contributed by atoms with Crippen LogP contribution in [0.4, 0.5) is 5.69 Å². The van der Waals surface area contributed by atoms with Gasteiger partial charge in [-0.1, -0.05) is 0 Å². The zero-order chi connectivity index (χ0) is 41.8. The number of rotatable bonds is 20. The Hall–Kier alpha value is -3.29. The number of hydrogen-bond acceptors (Lipinski definition) is 19. The highest BCUT2D eigenvalue weighted by Crippen LogP contribution is 2.34. The molecule has 3 fully saturated rings. The highest BCUT2D eigenvalue weighted by atomic mass is 16.8. The molecule has 4 rings (SSSR count). The number of esters is 1. The molecular formula is C36H54N2O19. The van der Waals surface area contributed by atoms with Gasteiger partial charge in [0, 0.05) is 51.3 Å². The number of nitrogens with one attached hydrogen (secondary N) is 1. The fourth-order valence-corrected chi connectivity index (χ4v) is 6.66. The lowest BCUT2D eigenvalue weighted by Gasteiger charge is -2.49. The van der Waals surface area contributed by atoms with Crippen molar-refractivity contribution < 1.29 is 88.2 Å². The largest absolute Gasteiger partial charge is 0.427 e. The minimum absolute atomic E-state index is 0.0114. The SMILES string of the molecule is CC(=O)NC1[C@H](O[C@@H]2C(O[C@H]3C[C@H](O)[C@@H](O)C(C)O3)[C@H](OCCCCC(=O)CCCCC(=O)Oc3ccc([N+](=O)[O-])cc3)OC(CO)[C@@H]2O)OC(CO)[C@H](O)[C@@H]1O. The molecule has 0 aliphatic carbocycles. The normalized spacial score (nSPS) is 34.3. The number of non-ortho nitro benzene ring substituents is 1. The first kappa shape index (κ1) is 46.4. The number of ketones is 1. The van der Waals surface area contributed by atoms with E-state index in [1.165, 1.54) is 31.2 Å². The van der Waals surface area contributed by atoms with Crippen LogP contribution in [0.3, 0.4) is 0 Å². The van der Waals surface area contributed by atoms with Crippen LogP contribution >= 0.6 is 0 Å². The van der Waals surface area contributed by atoms with Crippen LogP contribution in [0, 0.1) is 10.1 Å². The number of benzene rings is 1. The van der Waals surface area contributed by atoms with Crippen molar-refractivity contribution >= 4 is 23.3 Å². The number of Topliss-reactive ketones (excluding diaryl/α,β-unsaturated/α-hetero) is 1. The fourth-order valence-electron chi connectivity index (χ4n) is 6.66. The van der Waals surface area contributed by atoms with E-state index in [0.717, 1.165) is 6.92 Å². The number of nitro groups is 1. The van der Waals surface area contributed by atoms with Gasteiger partial charge in [0.05, 0.1) is 30.3 Å². The molecule has 1 aromatic rings. The van der Waals surface area contributed by atoms with Crippen LogP contribution in [0.1, 0.15) is 65.2 Å². The summed E-state index contributed by atoms with van der Waals surface area (Å²) in [6, 6.07) is 3.69. The number of nitrogens with zero attached hydrogens (tertiary/aromatic N) is 1. The lowest BCUT2D eigenvalue weighted by atomic mass is 9.95. The van der Waals surface area contributed by atoms with Crippen molar-refractivity contribution in [3.05, 3.63) is 34.4 Å². The molecule has 1 amide bonds. The minimum atomic E-state index is -1.69. The number of carbonyl (C=O) groups excluding carboxylic acids is 3. The highest BCUT2D eigenvalue weighted by Gasteiger charge is 2.53. The predicted octanol–water partition coefficient (Wildman–Crippen LogP) is -1.53. The molecule has 57 heavy (non-hydrogen) atoms. The number of aliphatic hydroxyl groups excluding tert-OH is 7. The molecule has 3 saturated heterocycles. The van der Waals surface area contributed by atoms with Gasteiger partial charge >= 0.3 is 5.97 Å². The van der Waals surface area contributed by atoms with Gasteiger partial charge in [0.15, 0.2) is 18.9 Å². The van der Waals surface area contributed by atoms with E-state index in [4.69, 9.17) is 33.2 Å². The Bertz CT molecular complexity index is 1440. The molecule has 14 atom stereocenters. The second-order valence-corrected chi connectivity index (χ2v) is 14.2. The van der Waals surface area contributed by atoms with Gasteiger partial charge in [0.2, 0.25) is 5.91 Å². The summed E-state index contributed by atoms with van der Waals surface area (Å²) in [7, 11) is 0. The van der Waals surface area contributed by atoms with E-state index < -0.39 is 116 Å². The van der Waals surface area contributed by atoms with E-state index in [1.807, 2.05) is 0 Å². The number of carbonyl (C=O) groups is 3. The molecule has 21 nitrogen and oxygen atoms in total. The van der Waals surface area contributed by atoms with E-state index >= 15 is 0 Å². The van der Waals surface area contributed by atoms with E-state index in [9.17, 15) is 60.2 Å². The average Bonchev–Trinajstić information content (AvgIpc) is 3.17. The molecule has 21 heteroatoms. The average molecular weight is 819 g/mol. The number of aliphatic hydroxyl groups is 7. The van der Waals surface area contributed by atoms with Crippen LogP contribution in [0.5, 0.6) is 5.75 Å². The summed E-state index contributed by atoms with van der Waals surface area (Å²) in [4.78, 5) is 46.9. The lowest BCUT2D eigenvalue weighted by molar-refractivity contribution is -0.384. The summed E-state index contributed by atoms with van der Waals surface area (Å²) < 4.78 is 40.8. The summed E-state index contributed by atoms with van der Waals surface area (Å²) >= 11 is 0.